The van der Waals surface area contributed by atoms with Crippen molar-refractivity contribution >= 4 is 39.9 Å². The standard InChI is InChI=1S/C24H23F2N9O/c1-34(2)8-7-28-23(36)16-11-35-21(22(27)29-12-30-35)19(16)13-3-5-15(6-4-13)31-24-32-18-10-14(25)9-17(26)20(18)33-24/h3-6,9-12H,7-8H2,1-2H3,(H,28,36)(H2,27,29,30)(H2,31,32,33). The van der Waals surface area contributed by atoms with Gasteiger partial charge in [0.2, 0.25) is 5.95 Å². The van der Waals surface area contributed by atoms with Gasteiger partial charge in [0.15, 0.2) is 11.6 Å². The van der Waals surface area contributed by atoms with Crippen molar-refractivity contribution in [2.75, 3.05) is 38.2 Å². The summed E-state index contributed by atoms with van der Waals surface area (Å²) in [5.74, 6) is -1.18. The Hall–Kier alpha value is -4.58. The predicted octanol–water partition coefficient (Wildman–Crippen LogP) is 3.17. The van der Waals surface area contributed by atoms with Crippen LogP contribution >= 0.6 is 0 Å². The number of H-pyrrole nitrogens is 1. The fourth-order valence-corrected chi connectivity index (χ4v) is 3.94. The number of nitrogens with zero attached hydrogens (tertiary/aromatic N) is 5. The summed E-state index contributed by atoms with van der Waals surface area (Å²) in [6.45, 7) is 1.17. The number of rotatable bonds is 7. The van der Waals surface area contributed by atoms with E-state index in [0.29, 0.717) is 35.4 Å². The Morgan fingerprint density at radius 3 is 2.72 bits per heavy atom. The number of hydrogen-bond donors (Lipinski definition) is 4. The molecule has 10 nitrogen and oxygen atoms in total. The molecule has 0 aliphatic rings. The third kappa shape index (κ3) is 4.41. The Bertz CT molecular complexity index is 1570. The average Bonchev–Trinajstić information content (AvgIpc) is 3.42. The van der Waals surface area contributed by atoms with Gasteiger partial charge in [0, 0.05) is 42.7 Å². The minimum atomic E-state index is -0.724. The van der Waals surface area contributed by atoms with Crippen molar-refractivity contribution < 1.29 is 13.6 Å². The van der Waals surface area contributed by atoms with Crippen molar-refractivity contribution in [2.24, 2.45) is 0 Å². The Morgan fingerprint density at radius 2 is 1.97 bits per heavy atom. The van der Waals surface area contributed by atoms with Crippen LogP contribution in [0.25, 0.3) is 27.7 Å². The Labute approximate surface area is 204 Å². The Balaban J connectivity index is 1.47. The van der Waals surface area contributed by atoms with Crippen molar-refractivity contribution in [3.05, 3.63) is 66.1 Å². The minimum absolute atomic E-state index is 0.108. The summed E-state index contributed by atoms with van der Waals surface area (Å²) < 4.78 is 29.0. The maximum atomic E-state index is 14.0. The van der Waals surface area contributed by atoms with Crippen LogP contribution in [-0.2, 0) is 0 Å². The van der Waals surface area contributed by atoms with Gasteiger partial charge in [-0.25, -0.2) is 23.3 Å². The van der Waals surface area contributed by atoms with Crippen molar-refractivity contribution in [3.8, 4) is 11.1 Å². The highest BCUT2D eigenvalue weighted by Crippen LogP contribution is 2.33. The average molecular weight is 492 g/mol. The van der Waals surface area contributed by atoms with Gasteiger partial charge in [-0.2, -0.15) is 5.10 Å². The van der Waals surface area contributed by atoms with Gasteiger partial charge < -0.3 is 26.3 Å². The van der Waals surface area contributed by atoms with E-state index in [-0.39, 0.29) is 28.7 Å². The highest BCUT2D eigenvalue weighted by atomic mass is 19.1. The van der Waals surface area contributed by atoms with E-state index in [9.17, 15) is 13.6 Å². The summed E-state index contributed by atoms with van der Waals surface area (Å²) in [5.41, 5.74) is 9.33. The summed E-state index contributed by atoms with van der Waals surface area (Å²) in [6, 6.07) is 9.12. The van der Waals surface area contributed by atoms with E-state index in [1.54, 1.807) is 18.3 Å². The van der Waals surface area contributed by atoms with Crippen molar-refractivity contribution in [2.45, 2.75) is 0 Å². The first kappa shape index (κ1) is 23.2. The molecule has 1 amide bonds. The number of hydrogen-bond acceptors (Lipinski definition) is 7. The molecule has 5 N–H and O–H groups in total. The summed E-state index contributed by atoms with van der Waals surface area (Å²) in [6.07, 6.45) is 2.96. The molecule has 0 saturated heterocycles. The van der Waals surface area contributed by atoms with Gasteiger partial charge in [0.05, 0.1) is 11.1 Å². The zero-order valence-corrected chi connectivity index (χ0v) is 19.5. The number of amides is 1. The Morgan fingerprint density at radius 1 is 1.19 bits per heavy atom. The third-order valence-corrected chi connectivity index (χ3v) is 5.64. The number of halogens is 2. The quantitative estimate of drug-likeness (QED) is 0.275. The van der Waals surface area contributed by atoms with Crippen LogP contribution in [0.4, 0.5) is 26.2 Å². The first-order valence-corrected chi connectivity index (χ1v) is 11.1. The van der Waals surface area contributed by atoms with Crippen LogP contribution in [0.15, 0.2) is 48.9 Å². The molecular weight excluding hydrogens is 468 g/mol. The fourth-order valence-electron chi connectivity index (χ4n) is 3.94. The van der Waals surface area contributed by atoms with E-state index >= 15 is 0 Å². The maximum absolute atomic E-state index is 14.0. The monoisotopic (exact) mass is 491 g/mol. The molecule has 3 heterocycles. The molecule has 36 heavy (non-hydrogen) atoms. The second-order valence-electron chi connectivity index (χ2n) is 8.48. The van der Waals surface area contributed by atoms with Crippen LogP contribution in [-0.4, -0.2) is 62.6 Å². The molecular formula is C24H23F2N9O. The molecule has 5 aromatic rings. The molecule has 0 bridgehead atoms. The largest absolute Gasteiger partial charge is 0.382 e. The van der Waals surface area contributed by atoms with Crippen LogP contribution in [0.3, 0.4) is 0 Å². The molecule has 0 spiro atoms. The number of anilines is 3. The van der Waals surface area contributed by atoms with Gasteiger partial charge in [-0.15, -0.1) is 0 Å². The molecule has 0 aliphatic heterocycles. The summed E-state index contributed by atoms with van der Waals surface area (Å²) in [7, 11) is 3.85. The van der Waals surface area contributed by atoms with Crippen molar-refractivity contribution in [1.29, 1.82) is 0 Å². The van der Waals surface area contributed by atoms with Gasteiger partial charge in [-0.1, -0.05) is 12.1 Å². The number of imidazole rings is 1. The van der Waals surface area contributed by atoms with Crippen molar-refractivity contribution in [3.63, 3.8) is 0 Å². The number of nitrogens with one attached hydrogen (secondary N) is 3. The number of likely N-dealkylation sites (N-methyl/N-ethyl adjacent to an activating group) is 1. The lowest BCUT2D eigenvalue weighted by Crippen LogP contribution is -2.31. The van der Waals surface area contributed by atoms with Crippen LogP contribution in [0.1, 0.15) is 10.4 Å². The number of nitrogens with two attached hydrogens (primary N) is 1. The third-order valence-electron chi connectivity index (χ3n) is 5.64. The van der Waals surface area contributed by atoms with Crippen LogP contribution in [0.2, 0.25) is 0 Å². The smallest absolute Gasteiger partial charge is 0.253 e. The van der Waals surface area contributed by atoms with Crippen LogP contribution < -0.4 is 16.4 Å². The van der Waals surface area contributed by atoms with E-state index in [1.165, 1.54) is 10.8 Å². The van der Waals surface area contributed by atoms with Gasteiger partial charge in [-0.3, -0.25) is 4.79 Å². The number of benzene rings is 2. The molecule has 0 saturated carbocycles. The zero-order valence-electron chi connectivity index (χ0n) is 19.5. The summed E-state index contributed by atoms with van der Waals surface area (Å²) >= 11 is 0. The summed E-state index contributed by atoms with van der Waals surface area (Å²) in [5, 5.41) is 10.2. The van der Waals surface area contributed by atoms with E-state index in [2.05, 4.69) is 30.7 Å². The highest BCUT2D eigenvalue weighted by molar-refractivity contribution is 6.07. The van der Waals surface area contributed by atoms with E-state index < -0.39 is 11.6 Å². The molecule has 3 aromatic heterocycles. The zero-order chi connectivity index (χ0) is 25.4. The van der Waals surface area contributed by atoms with Crippen LogP contribution in [0.5, 0.6) is 0 Å². The van der Waals surface area contributed by atoms with Gasteiger partial charge >= 0.3 is 0 Å². The maximum Gasteiger partial charge on any atom is 0.253 e. The predicted molar refractivity (Wildman–Crippen MR) is 133 cm³/mol. The number of aromatic nitrogens is 5. The first-order chi connectivity index (χ1) is 17.3. The minimum Gasteiger partial charge on any atom is -0.382 e. The fraction of sp³-hybridized carbons (Fsp3) is 0.167. The van der Waals surface area contributed by atoms with Gasteiger partial charge in [0.1, 0.15) is 23.2 Å². The lowest BCUT2D eigenvalue weighted by molar-refractivity contribution is 0.0951. The molecule has 0 radical (unpaired) electrons. The topological polar surface area (TPSA) is 129 Å². The number of aromatic amines is 1. The molecule has 12 heteroatoms. The highest BCUT2D eigenvalue weighted by Gasteiger charge is 2.21. The van der Waals surface area contributed by atoms with Crippen molar-refractivity contribution in [1.82, 2.24) is 34.8 Å². The SMILES string of the molecule is CN(C)CCNC(=O)c1cn2ncnc(N)c2c1-c1ccc(Nc2nc3cc(F)cc(F)c3[nH]2)cc1. The molecule has 2 aromatic carbocycles. The van der Waals surface area contributed by atoms with Crippen LogP contribution in [0, 0.1) is 11.6 Å². The molecule has 0 fully saturated rings. The second-order valence-corrected chi connectivity index (χ2v) is 8.48. The molecule has 0 aliphatic carbocycles. The number of carbonyl (C=O) groups excluding carboxylic acids is 1. The molecule has 0 unspecified atom stereocenters. The Kier molecular flexibility index (Phi) is 5.94. The van der Waals surface area contributed by atoms with Gasteiger partial charge in [-0.05, 0) is 31.8 Å². The lowest BCUT2D eigenvalue weighted by Gasteiger charge is -2.11. The summed E-state index contributed by atoms with van der Waals surface area (Å²) in [4.78, 5) is 26.1. The molecule has 5 rings (SSSR count). The number of nitrogen functional groups attached to an aromatic ring is 1. The van der Waals surface area contributed by atoms with E-state index in [1.807, 2.05) is 31.1 Å². The van der Waals surface area contributed by atoms with E-state index in [4.69, 9.17) is 5.73 Å². The van der Waals surface area contributed by atoms with Gasteiger partial charge in [0.25, 0.3) is 5.91 Å². The van der Waals surface area contributed by atoms with E-state index in [0.717, 1.165) is 17.7 Å². The first-order valence-electron chi connectivity index (χ1n) is 11.1. The normalized spacial score (nSPS) is 11.5. The second kappa shape index (κ2) is 9.23. The lowest BCUT2D eigenvalue weighted by atomic mass is 10.0. The molecule has 0 atom stereocenters. The number of fused-ring (bicyclic) bond motifs is 2. The number of carbonyl (C=O) groups is 1. The molecule has 184 valence electrons.